The standard InChI is InChI=1S/C25H52O8/c1-3-5-7-9-11-27-13-15-29-17-18-31-20-22-33-24-25(26)23-32-21-19-30-16-14-28-12-10-8-6-4-2/h25-26H,3-24H2,1-2H3. The lowest BCUT2D eigenvalue weighted by molar-refractivity contribution is -0.0479. The van der Waals surface area contributed by atoms with Gasteiger partial charge in [0.1, 0.15) is 6.10 Å². The molecule has 0 amide bonds. The molecule has 0 aromatic rings. The third kappa shape index (κ3) is 29.6. The summed E-state index contributed by atoms with van der Waals surface area (Å²) in [5, 5.41) is 9.83. The Bertz CT molecular complexity index is 346. The van der Waals surface area contributed by atoms with Crippen molar-refractivity contribution >= 4 is 0 Å². The molecular weight excluding hydrogens is 428 g/mol. The summed E-state index contributed by atoms with van der Waals surface area (Å²) < 4.78 is 38.1. The average Bonchev–Trinajstić information content (AvgIpc) is 2.82. The van der Waals surface area contributed by atoms with Gasteiger partial charge in [-0.1, -0.05) is 52.4 Å². The predicted octanol–water partition coefficient (Wildman–Crippen LogP) is 3.62. The minimum atomic E-state index is -0.651. The molecule has 8 nitrogen and oxygen atoms in total. The second-order valence-corrected chi connectivity index (χ2v) is 7.99. The van der Waals surface area contributed by atoms with E-state index in [4.69, 9.17) is 33.2 Å². The van der Waals surface area contributed by atoms with Gasteiger partial charge in [-0.25, -0.2) is 0 Å². The fraction of sp³-hybridized carbons (Fsp3) is 1.00. The number of ether oxygens (including phenoxy) is 7. The van der Waals surface area contributed by atoms with Gasteiger partial charge in [0.25, 0.3) is 0 Å². The SMILES string of the molecule is CCCCCCOCCOCCOCCOCC(O)COCCOCCOCCCCCC. The number of aliphatic hydroxyl groups is 1. The zero-order valence-electron chi connectivity index (χ0n) is 21.4. The van der Waals surface area contributed by atoms with Crippen LogP contribution in [0.3, 0.4) is 0 Å². The van der Waals surface area contributed by atoms with E-state index in [-0.39, 0.29) is 13.2 Å². The molecule has 0 radical (unpaired) electrons. The summed E-state index contributed by atoms with van der Waals surface area (Å²) in [6, 6.07) is 0. The molecule has 1 N–H and O–H groups in total. The Morgan fingerprint density at radius 2 is 0.697 bits per heavy atom. The summed E-state index contributed by atoms with van der Waals surface area (Å²) in [6.45, 7) is 11.8. The molecule has 0 heterocycles. The summed E-state index contributed by atoms with van der Waals surface area (Å²) in [5.74, 6) is 0. The van der Waals surface area contributed by atoms with Gasteiger partial charge in [0, 0.05) is 13.2 Å². The van der Waals surface area contributed by atoms with Crippen LogP contribution in [0.4, 0.5) is 0 Å². The first kappa shape index (κ1) is 32.7. The van der Waals surface area contributed by atoms with Crippen molar-refractivity contribution < 1.29 is 38.3 Å². The quantitative estimate of drug-likeness (QED) is 0.163. The maximum Gasteiger partial charge on any atom is 0.101 e. The van der Waals surface area contributed by atoms with Gasteiger partial charge in [-0.2, -0.15) is 0 Å². The highest BCUT2D eigenvalue weighted by atomic mass is 16.6. The van der Waals surface area contributed by atoms with E-state index in [0.717, 1.165) is 26.1 Å². The van der Waals surface area contributed by atoms with Crippen molar-refractivity contribution in [3.8, 4) is 0 Å². The van der Waals surface area contributed by atoms with Gasteiger partial charge in [-0.15, -0.1) is 0 Å². The monoisotopic (exact) mass is 480 g/mol. The Morgan fingerprint density at radius 1 is 0.394 bits per heavy atom. The number of unbranched alkanes of at least 4 members (excludes halogenated alkanes) is 6. The Morgan fingerprint density at radius 3 is 1.03 bits per heavy atom. The summed E-state index contributed by atoms with van der Waals surface area (Å²) in [7, 11) is 0. The minimum Gasteiger partial charge on any atom is -0.388 e. The molecule has 0 aliphatic heterocycles. The van der Waals surface area contributed by atoms with Crippen LogP contribution in [0.25, 0.3) is 0 Å². The fourth-order valence-corrected chi connectivity index (χ4v) is 2.85. The van der Waals surface area contributed by atoms with Crippen molar-refractivity contribution in [1.82, 2.24) is 0 Å². The van der Waals surface area contributed by atoms with Crippen molar-refractivity contribution in [3.05, 3.63) is 0 Å². The van der Waals surface area contributed by atoms with E-state index in [9.17, 15) is 5.11 Å². The summed E-state index contributed by atoms with van der Waals surface area (Å²) >= 11 is 0. The summed E-state index contributed by atoms with van der Waals surface area (Å²) in [6.07, 6.45) is 9.10. The van der Waals surface area contributed by atoms with Gasteiger partial charge in [-0.3, -0.25) is 0 Å². The van der Waals surface area contributed by atoms with Gasteiger partial charge < -0.3 is 38.3 Å². The Kier molecular flexibility index (Phi) is 29.4. The van der Waals surface area contributed by atoms with Gasteiger partial charge >= 0.3 is 0 Å². The second-order valence-electron chi connectivity index (χ2n) is 7.99. The zero-order chi connectivity index (χ0) is 24.1. The first-order chi connectivity index (χ1) is 16.3. The van der Waals surface area contributed by atoms with Gasteiger partial charge in [0.15, 0.2) is 0 Å². The highest BCUT2D eigenvalue weighted by Crippen LogP contribution is 1.99. The molecule has 1 unspecified atom stereocenters. The summed E-state index contributed by atoms with van der Waals surface area (Å²) in [4.78, 5) is 0. The van der Waals surface area contributed by atoms with Crippen molar-refractivity contribution in [2.45, 2.75) is 71.3 Å². The first-order valence-corrected chi connectivity index (χ1v) is 13.0. The Balaban J connectivity index is 3.13. The molecule has 200 valence electrons. The maximum absolute atomic E-state index is 9.83. The normalized spacial score (nSPS) is 12.5. The second kappa shape index (κ2) is 29.7. The van der Waals surface area contributed by atoms with E-state index in [0.29, 0.717) is 66.1 Å². The highest BCUT2D eigenvalue weighted by Gasteiger charge is 2.04. The van der Waals surface area contributed by atoms with Crippen LogP contribution in [-0.4, -0.2) is 104 Å². The van der Waals surface area contributed by atoms with Crippen LogP contribution in [0.1, 0.15) is 65.2 Å². The third-order valence-corrected chi connectivity index (χ3v) is 4.76. The van der Waals surface area contributed by atoms with E-state index in [2.05, 4.69) is 13.8 Å². The van der Waals surface area contributed by atoms with Crippen molar-refractivity contribution in [1.29, 1.82) is 0 Å². The van der Waals surface area contributed by atoms with Gasteiger partial charge in [0.05, 0.1) is 79.3 Å². The average molecular weight is 481 g/mol. The number of aliphatic hydroxyl groups excluding tert-OH is 1. The Hall–Kier alpha value is -0.320. The maximum atomic E-state index is 9.83. The smallest absolute Gasteiger partial charge is 0.101 e. The molecule has 0 rings (SSSR count). The van der Waals surface area contributed by atoms with Crippen molar-refractivity contribution in [2.75, 3.05) is 92.5 Å². The number of hydrogen-bond donors (Lipinski definition) is 1. The molecule has 0 bridgehead atoms. The molecule has 0 aliphatic rings. The highest BCUT2D eigenvalue weighted by molar-refractivity contribution is 4.51. The minimum absolute atomic E-state index is 0.224. The molecule has 0 aromatic heterocycles. The van der Waals surface area contributed by atoms with E-state index < -0.39 is 6.10 Å². The van der Waals surface area contributed by atoms with E-state index in [1.54, 1.807) is 0 Å². The van der Waals surface area contributed by atoms with Crippen molar-refractivity contribution in [2.24, 2.45) is 0 Å². The molecule has 0 saturated heterocycles. The molecule has 0 spiro atoms. The molecule has 33 heavy (non-hydrogen) atoms. The predicted molar refractivity (Wildman–Crippen MR) is 130 cm³/mol. The molecule has 0 saturated carbocycles. The van der Waals surface area contributed by atoms with E-state index >= 15 is 0 Å². The number of rotatable bonds is 29. The van der Waals surface area contributed by atoms with Crippen molar-refractivity contribution in [3.63, 3.8) is 0 Å². The third-order valence-electron chi connectivity index (χ3n) is 4.76. The molecular formula is C25H52O8. The Labute approximate surface area is 202 Å². The molecule has 8 heteroatoms. The van der Waals surface area contributed by atoms with Gasteiger partial charge in [-0.05, 0) is 12.8 Å². The molecule has 1 atom stereocenters. The van der Waals surface area contributed by atoms with Crippen LogP contribution in [0.2, 0.25) is 0 Å². The van der Waals surface area contributed by atoms with Crippen LogP contribution in [0.15, 0.2) is 0 Å². The summed E-state index contributed by atoms with van der Waals surface area (Å²) in [5.41, 5.74) is 0. The molecule has 0 fully saturated rings. The van der Waals surface area contributed by atoms with Crippen LogP contribution in [0.5, 0.6) is 0 Å². The lowest BCUT2D eigenvalue weighted by Gasteiger charge is -2.12. The molecule has 0 aliphatic carbocycles. The largest absolute Gasteiger partial charge is 0.388 e. The van der Waals surface area contributed by atoms with Crippen LogP contribution in [0, 0.1) is 0 Å². The topological polar surface area (TPSA) is 84.8 Å². The molecule has 0 aromatic carbocycles. The lowest BCUT2D eigenvalue weighted by Crippen LogP contribution is -2.24. The zero-order valence-corrected chi connectivity index (χ0v) is 21.4. The van der Waals surface area contributed by atoms with Crippen LogP contribution >= 0.6 is 0 Å². The van der Waals surface area contributed by atoms with Gasteiger partial charge in [0.2, 0.25) is 0 Å². The first-order valence-electron chi connectivity index (χ1n) is 13.0. The van der Waals surface area contributed by atoms with E-state index in [1.807, 2.05) is 0 Å². The van der Waals surface area contributed by atoms with E-state index in [1.165, 1.54) is 38.5 Å². The fourth-order valence-electron chi connectivity index (χ4n) is 2.85. The van der Waals surface area contributed by atoms with Crippen LogP contribution in [-0.2, 0) is 33.2 Å². The number of hydrogen-bond acceptors (Lipinski definition) is 8. The van der Waals surface area contributed by atoms with Crippen LogP contribution < -0.4 is 0 Å². The lowest BCUT2D eigenvalue weighted by atomic mass is 10.2.